The van der Waals surface area contributed by atoms with Crippen LogP contribution in [0.5, 0.6) is 0 Å². The zero-order valence-electron chi connectivity index (χ0n) is 15.1. The number of imide groups is 1. The molecule has 0 N–H and O–H groups in total. The molecule has 2 saturated heterocycles. The summed E-state index contributed by atoms with van der Waals surface area (Å²) in [4.78, 5) is 38.9. The van der Waals surface area contributed by atoms with Gasteiger partial charge in [-0.3, -0.25) is 9.59 Å². The summed E-state index contributed by atoms with van der Waals surface area (Å²) >= 11 is 0. The van der Waals surface area contributed by atoms with Gasteiger partial charge < -0.3 is 9.64 Å². The molecule has 0 saturated carbocycles. The Bertz CT molecular complexity index is 841. The first-order valence-electron chi connectivity index (χ1n) is 8.52. The highest BCUT2D eigenvalue weighted by atomic mass is 32.2. The van der Waals surface area contributed by atoms with Crippen LogP contribution in [0.3, 0.4) is 0 Å². The van der Waals surface area contributed by atoms with Gasteiger partial charge in [0.1, 0.15) is 0 Å². The van der Waals surface area contributed by atoms with Gasteiger partial charge in [-0.15, -0.1) is 0 Å². The van der Waals surface area contributed by atoms with E-state index in [0.717, 1.165) is 9.21 Å². The lowest BCUT2D eigenvalue weighted by molar-refractivity contribution is -0.127. The molecule has 3 amide bonds. The Kier molecular flexibility index (Phi) is 5.20. The lowest BCUT2D eigenvalue weighted by atomic mass is 10.0. The number of benzene rings is 1. The number of amides is 3. The van der Waals surface area contributed by atoms with E-state index >= 15 is 0 Å². The van der Waals surface area contributed by atoms with Crippen LogP contribution in [-0.2, 0) is 19.6 Å². The zero-order valence-corrected chi connectivity index (χ0v) is 15.9. The molecular weight excluding hydrogens is 374 g/mol. The molecule has 27 heavy (non-hydrogen) atoms. The van der Waals surface area contributed by atoms with Crippen molar-refractivity contribution in [2.24, 2.45) is 0 Å². The third-order valence-electron chi connectivity index (χ3n) is 4.78. The number of hydrogen-bond acceptors (Lipinski definition) is 6. The maximum Gasteiger partial charge on any atom is 0.417 e. The Balaban J connectivity index is 1.64. The van der Waals surface area contributed by atoms with Crippen molar-refractivity contribution >= 4 is 27.9 Å². The monoisotopic (exact) mass is 395 g/mol. The second kappa shape index (κ2) is 7.28. The molecular formula is C17H21N3O6S. The SMILES string of the molecule is CN(C)S(=O)(=O)c1ccc(C(=O)N2CCC(N3C(=O)COC3=O)CC2)cc1. The maximum absolute atomic E-state index is 12.6. The first-order chi connectivity index (χ1) is 12.7. The number of carbonyl (C=O) groups excluding carboxylic acids is 3. The average Bonchev–Trinajstić information content (AvgIpc) is 2.99. The van der Waals surface area contributed by atoms with Crippen LogP contribution in [-0.4, -0.2) is 80.3 Å². The molecule has 0 aromatic heterocycles. The van der Waals surface area contributed by atoms with Gasteiger partial charge in [-0.2, -0.15) is 0 Å². The summed E-state index contributed by atoms with van der Waals surface area (Å²) in [6, 6.07) is 5.55. The van der Waals surface area contributed by atoms with Crippen molar-refractivity contribution in [3.8, 4) is 0 Å². The summed E-state index contributed by atoms with van der Waals surface area (Å²) in [6.07, 6.45) is 0.349. The number of hydrogen-bond donors (Lipinski definition) is 0. The Morgan fingerprint density at radius 1 is 1.11 bits per heavy atom. The minimum absolute atomic E-state index is 0.119. The van der Waals surface area contributed by atoms with E-state index in [1.807, 2.05) is 0 Å². The number of ether oxygens (including phenoxy) is 1. The molecule has 2 aliphatic rings. The maximum atomic E-state index is 12.6. The minimum atomic E-state index is -3.54. The molecule has 0 spiro atoms. The fourth-order valence-corrected chi connectivity index (χ4v) is 4.11. The van der Waals surface area contributed by atoms with Crippen LogP contribution in [0.4, 0.5) is 4.79 Å². The van der Waals surface area contributed by atoms with Gasteiger partial charge in [0.25, 0.3) is 11.8 Å². The van der Waals surface area contributed by atoms with Gasteiger partial charge in [0, 0.05) is 38.8 Å². The third kappa shape index (κ3) is 3.67. The van der Waals surface area contributed by atoms with E-state index in [0.29, 0.717) is 31.5 Å². The van der Waals surface area contributed by atoms with Crippen molar-refractivity contribution in [3.05, 3.63) is 29.8 Å². The molecule has 0 aliphatic carbocycles. The van der Waals surface area contributed by atoms with E-state index in [9.17, 15) is 22.8 Å². The van der Waals surface area contributed by atoms with Crippen LogP contribution in [0.2, 0.25) is 0 Å². The molecule has 1 aromatic carbocycles. The van der Waals surface area contributed by atoms with E-state index in [4.69, 9.17) is 4.74 Å². The number of cyclic esters (lactones) is 1. The Hall–Kier alpha value is -2.46. The summed E-state index contributed by atoms with van der Waals surface area (Å²) in [5, 5.41) is 0. The predicted octanol–water partition coefficient (Wildman–Crippen LogP) is 0.520. The van der Waals surface area contributed by atoms with Crippen molar-refractivity contribution in [2.45, 2.75) is 23.8 Å². The summed E-state index contributed by atoms with van der Waals surface area (Å²) in [5.74, 6) is -0.556. The van der Waals surface area contributed by atoms with Crippen LogP contribution in [0.15, 0.2) is 29.2 Å². The number of carbonyl (C=O) groups is 3. The largest absolute Gasteiger partial charge is 0.439 e. The summed E-state index contributed by atoms with van der Waals surface area (Å²) in [7, 11) is -0.656. The van der Waals surface area contributed by atoms with Crippen LogP contribution < -0.4 is 0 Å². The molecule has 2 aliphatic heterocycles. The lowest BCUT2D eigenvalue weighted by Gasteiger charge is -2.34. The second-order valence-electron chi connectivity index (χ2n) is 6.65. The van der Waals surface area contributed by atoms with E-state index < -0.39 is 16.1 Å². The molecule has 146 valence electrons. The summed E-state index contributed by atoms with van der Waals surface area (Å²) < 4.78 is 30.0. The molecule has 3 rings (SSSR count). The average molecular weight is 395 g/mol. The Labute approximate surface area is 157 Å². The first kappa shape index (κ1) is 19.3. The molecule has 10 heteroatoms. The Morgan fingerprint density at radius 2 is 1.70 bits per heavy atom. The van der Waals surface area contributed by atoms with Crippen LogP contribution in [0, 0.1) is 0 Å². The smallest absolute Gasteiger partial charge is 0.417 e. The van der Waals surface area contributed by atoms with Crippen molar-refractivity contribution in [1.82, 2.24) is 14.1 Å². The molecule has 2 heterocycles. The van der Waals surface area contributed by atoms with Crippen molar-refractivity contribution in [3.63, 3.8) is 0 Å². The van der Waals surface area contributed by atoms with Gasteiger partial charge in [-0.1, -0.05) is 0 Å². The highest BCUT2D eigenvalue weighted by Crippen LogP contribution is 2.22. The van der Waals surface area contributed by atoms with Crippen LogP contribution >= 0.6 is 0 Å². The lowest BCUT2D eigenvalue weighted by Crippen LogP contribution is -2.48. The van der Waals surface area contributed by atoms with Gasteiger partial charge in [-0.05, 0) is 37.1 Å². The highest BCUT2D eigenvalue weighted by Gasteiger charge is 2.39. The second-order valence-corrected chi connectivity index (χ2v) is 8.81. The number of rotatable bonds is 4. The number of likely N-dealkylation sites (tertiary alicyclic amines) is 1. The minimum Gasteiger partial charge on any atom is -0.439 e. The highest BCUT2D eigenvalue weighted by molar-refractivity contribution is 7.89. The van der Waals surface area contributed by atoms with Crippen LogP contribution in [0.25, 0.3) is 0 Å². The topological polar surface area (TPSA) is 104 Å². The normalized spacial score (nSPS) is 18.9. The quantitative estimate of drug-likeness (QED) is 0.736. The van der Waals surface area contributed by atoms with Crippen LogP contribution in [0.1, 0.15) is 23.2 Å². The van der Waals surface area contributed by atoms with Gasteiger partial charge in [0.2, 0.25) is 10.0 Å². The van der Waals surface area contributed by atoms with Gasteiger partial charge >= 0.3 is 6.09 Å². The summed E-state index contributed by atoms with van der Waals surface area (Å²) in [6.45, 7) is 0.580. The fourth-order valence-electron chi connectivity index (χ4n) is 3.21. The number of nitrogens with zero attached hydrogens (tertiary/aromatic N) is 3. The van der Waals surface area contributed by atoms with E-state index in [-0.39, 0.29) is 29.4 Å². The van der Waals surface area contributed by atoms with E-state index in [2.05, 4.69) is 0 Å². The van der Waals surface area contributed by atoms with Gasteiger partial charge in [0.15, 0.2) is 6.61 Å². The Morgan fingerprint density at radius 3 is 2.19 bits per heavy atom. The third-order valence-corrected chi connectivity index (χ3v) is 6.61. The van der Waals surface area contributed by atoms with Gasteiger partial charge in [0.05, 0.1) is 4.90 Å². The first-order valence-corrected chi connectivity index (χ1v) is 9.96. The van der Waals surface area contributed by atoms with E-state index in [1.54, 1.807) is 4.90 Å². The van der Waals surface area contributed by atoms with E-state index in [1.165, 1.54) is 38.4 Å². The number of sulfonamides is 1. The van der Waals surface area contributed by atoms with Crippen molar-refractivity contribution in [1.29, 1.82) is 0 Å². The molecule has 2 fully saturated rings. The predicted molar refractivity (Wildman–Crippen MR) is 94.4 cm³/mol. The molecule has 0 bridgehead atoms. The molecule has 0 unspecified atom stereocenters. The van der Waals surface area contributed by atoms with Gasteiger partial charge in [-0.25, -0.2) is 22.4 Å². The van der Waals surface area contributed by atoms with Crippen molar-refractivity contribution < 1.29 is 27.5 Å². The summed E-state index contributed by atoms with van der Waals surface area (Å²) in [5.41, 5.74) is 0.391. The molecule has 0 radical (unpaired) electrons. The zero-order chi connectivity index (χ0) is 19.8. The van der Waals surface area contributed by atoms with Crippen molar-refractivity contribution in [2.75, 3.05) is 33.8 Å². The molecule has 0 atom stereocenters. The molecule has 9 nitrogen and oxygen atoms in total. The fraction of sp³-hybridized carbons (Fsp3) is 0.471. The number of piperidine rings is 1. The molecule has 1 aromatic rings. The standard InChI is InChI=1S/C17H21N3O6S/c1-18(2)27(24,25)14-5-3-12(4-6-14)16(22)19-9-7-13(8-10-19)20-15(21)11-26-17(20)23/h3-6,13H,7-11H2,1-2H3.